The summed E-state index contributed by atoms with van der Waals surface area (Å²) in [6.07, 6.45) is 1.45. The Morgan fingerprint density at radius 2 is 2.27 bits per heavy atom. The van der Waals surface area contributed by atoms with Crippen LogP contribution in [0.15, 0.2) is 39.4 Å². The Bertz CT molecular complexity index is 885. The molecule has 8 heteroatoms. The van der Waals surface area contributed by atoms with Gasteiger partial charge in [0.1, 0.15) is 21.8 Å². The molecule has 3 aromatic heterocycles. The van der Waals surface area contributed by atoms with Crippen LogP contribution >= 0.6 is 22.7 Å². The molecule has 22 heavy (non-hydrogen) atoms. The summed E-state index contributed by atoms with van der Waals surface area (Å²) in [5.41, 5.74) is 1.11. The zero-order valence-electron chi connectivity index (χ0n) is 10.9. The lowest BCUT2D eigenvalue weighted by atomic mass is 10.2. The fourth-order valence-corrected chi connectivity index (χ4v) is 3.28. The van der Waals surface area contributed by atoms with Crippen molar-refractivity contribution in [3.8, 4) is 16.6 Å². The molecule has 3 rings (SSSR count). The van der Waals surface area contributed by atoms with Crippen molar-refractivity contribution in [1.29, 1.82) is 5.26 Å². The fourth-order valence-electron chi connectivity index (χ4n) is 1.74. The molecule has 0 amide bonds. The number of aromatic nitrogens is 1. The molecule has 0 atom stereocenters. The zero-order chi connectivity index (χ0) is 15.5. The minimum atomic E-state index is -0.623. The van der Waals surface area contributed by atoms with Crippen molar-refractivity contribution in [1.82, 2.24) is 4.98 Å². The Labute approximate surface area is 132 Å². The summed E-state index contributed by atoms with van der Waals surface area (Å²) in [7, 11) is 0. The Hall–Kier alpha value is -2.76. The number of thiazole rings is 1. The maximum Gasteiger partial charge on any atom is 0.433 e. The third kappa shape index (κ3) is 2.81. The molecule has 3 heterocycles. The summed E-state index contributed by atoms with van der Waals surface area (Å²) in [5.74, 6) is -0.113. The molecule has 0 aliphatic heterocycles. The van der Waals surface area contributed by atoms with E-state index in [2.05, 4.69) is 4.98 Å². The summed E-state index contributed by atoms with van der Waals surface area (Å²) in [6, 6.07) is 8.63. The molecule has 0 saturated heterocycles. The van der Waals surface area contributed by atoms with Crippen LogP contribution in [0.1, 0.15) is 10.8 Å². The van der Waals surface area contributed by atoms with E-state index in [0.29, 0.717) is 10.6 Å². The first-order valence-electron chi connectivity index (χ1n) is 6.03. The van der Waals surface area contributed by atoms with Crippen molar-refractivity contribution in [2.45, 2.75) is 0 Å². The Morgan fingerprint density at radius 3 is 2.91 bits per heavy atom. The Balaban J connectivity index is 1.92. The number of nitro groups is 1. The van der Waals surface area contributed by atoms with E-state index in [1.165, 1.54) is 29.5 Å². The lowest BCUT2D eigenvalue weighted by Crippen LogP contribution is -1.83. The highest BCUT2D eigenvalue weighted by Gasteiger charge is 2.13. The van der Waals surface area contributed by atoms with Gasteiger partial charge in [-0.3, -0.25) is 10.1 Å². The fraction of sp³-hybridized carbons (Fsp3) is 0. The molecule has 0 aromatic carbocycles. The maximum atomic E-state index is 10.6. The van der Waals surface area contributed by atoms with Gasteiger partial charge in [0.25, 0.3) is 0 Å². The molecule has 0 saturated carbocycles. The maximum absolute atomic E-state index is 10.6. The number of allylic oxidation sites excluding steroid dienone is 1. The van der Waals surface area contributed by atoms with E-state index in [0.717, 1.165) is 10.6 Å². The van der Waals surface area contributed by atoms with Crippen molar-refractivity contribution in [2.24, 2.45) is 0 Å². The van der Waals surface area contributed by atoms with Crippen LogP contribution < -0.4 is 0 Å². The van der Waals surface area contributed by atoms with Gasteiger partial charge in [0.2, 0.25) is 0 Å². The van der Waals surface area contributed by atoms with E-state index >= 15 is 0 Å². The van der Waals surface area contributed by atoms with E-state index in [-0.39, 0.29) is 11.6 Å². The van der Waals surface area contributed by atoms with Gasteiger partial charge in [-0.25, -0.2) is 4.98 Å². The summed E-state index contributed by atoms with van der Waals surface area (Å²) in [5, 5.41) is 24.2. The molecule has 0 aliphatic carbocycles. The predicted octanol–water partition coefficient (Wildman–Crippen LogP) is 4.44. The molecule has 6 nitrogen and oxygen atoms in total. The third-order valence-corrected chi connectivity index (χ3v) is 4.48. The average Bonchev–Trinajstić information content (AvgIpc) is 3.23. The number of thiophene rings is 1. The van der Waals surface area contributed by atoms with Crippen LogP contribution in [0.4, 0.5) is 5.88 Å². The number of furan rings is 1. The lowest BCUT2D eigenvalue weighted by Gasteiger charge is -1.91. The molecule has 0 radical (unpaired) electrons. The van der Waals surface area contributed by atoms with Crippen molar-refractivity contribution < 1.29 is 9.34 Å². The second-order valence-corrected chi connectivity index (χ2v) is 5.92. The highest BCUT2D eigenvalue weighted by molar-refractivity contribution is 7.14. The number of hydrogen-bond acceptors (Lipinski definition) is 7. The molecular weight excluding hydrogens is 322 g/mol. The first-order chi connectivity index (χ1) is 10.7. The Kier molecular flexibility index (Phi) is 3.82. The van der Waals surface area contributed by atoms with E-state index in [4.69, 9.17) is 4.42 Å². The molecule has 0 N–H and O–H groups in total. The minimum absolute atomic E-state index is 0.246. The largest absolute Gasteiger partial charge is 0.433 e. The van der Waals surface area contributed by atoms with E-state index in [1.54, 1.807) is 11.3 Å². The second-order valence-electron chi connectivity index (χ2n) is 4.12. The minimum Gasteiger partial charge on any atom is -0.401 e. The van der Waals surface area contributed by atoms with Crippen LogP contribution in [0.5, 0.6) is 0 Å². The molecule has 0 bridgehead atoms. The number of nitriles is 1. The Morgan fingerprint density at radius 1 is 1.41 bits per heavy atom. The summed E-state index contributed by atoms with van der Waals surface area (Å²) >= 11 is 2.91. The summed E-state index contributed by atoms with van der Waals surface area (Å²) < 4.78 is 5.03. The summed E-state index contributed by atoms with van der Waals surface area (Å²) in [4.78, 5) is 15.4. The normalized spacial score (nSPS) is 11.3. The number of hydrogen-bond donors (Lipinski definition) is 0. The van der Waals surface area contributed by atoms with Gasteiger partial charge in [-0.2, -0.15) is 5.26 Å². The third-order valence-electron chi connectivity index (χ3n) is 2.71. The van der Waals surface area contributed by atoms with Gasteiger partial charge in [0.15, 0.2) is 0 Å². The van der Waals surface area contributed by atoms with Crippen molar-refractivity contribution in [3.05, 3.63) is 55.9 Å². The highest BCUT2D eigenvalue weighted by atomic mass is 32.1. The molecule has 0 unspecified atom stereocenters. The van der Waals surface area contributed by atoms with Crippen molar-refractivity contribution >= 4 is 40.2 Å². The van der Waals surface area contributed by atoms with Gasteiger partial charge in [0, 0.05) is 11.5 Å². The summed E-state index contributed by atoms with van der Waals surface area (Å²) in [6.45, 7) is 0. The molecule has 0 fully saturated rings. The van der Waals surface area contributed by atoms with Crippen LogP contribution in [-0.4, -0.2) is 9.91 Å². The van der Waals surface area contributed by atoms with Gasteiger partial charge in [-0.05, 0) is 17.5 Å². The molecule has 0 aliphatic rings. The van der Waals surface area contributed by atoms with Crippen LogP contribution in [0.2, 0.25) is 0 Å². The first kappa shape index (κ1) is 14.2. The molecule has 108 valence electrons. The molecular formula is C14H7N3O3S2. The highest BCUT2D eigenvalue weighted by Crippen LogP contribution is 2.30. The molecule has 0 spiro atoms. The van der Waals surface area contributed by atoms with Crippen LogP contribution in [0.25, 0.3) is 22.2 Å². The average molecular weight is 329 g/mol. The van der Waals surface area contributed by atoms with Crippen molar-refractivity contribution in [2.75, 3.05) is 0 Å². The van der Waals surface area contributed by atoms with Crippen LogP contribution in [0.3, 0.4) is 0 Å². The second kappa shape index (κ2) is 5.93. The van der Waals surface area contributed by atoms with Crippen LogP contribution in [0, 0.1) is 21.4 Å². The standard InChI is InChI=1S/C14H7N3O3S2/c15-7-9(6-10-3-4-13(20-10)17(18)19)14-16-11(8-22-14)12-2-1-5-21-12/h1-6,8H/b9-6+. The quantitative estimate of drug-likeness (QED) is 0.401. The van der Waals surface area contributed by atoms with Gasteiger partial charge < -0.3 is 4.42 Å². The lowest BCUT2D eigenvalue weighted by molar-refractivity contribution is -0.402. The zero-order valence-corrected chi connectivity index (χ0v) is 12.6. The van der Waals surface area contributed by atoms with Gasteiger partial charge >= 0.3 is 5.88 Å². The number of rotatable bonds is 4. The van der Waals surface area contributed by atoms with Gasteiger partial charge in [-0.15, -0.1) is 22.7 Å². The van der Waals surface area contributed by atoms with E-state index in [1.807, 2.05) is 29.0 Å². The molecule has 3 aromatic rings. The topological polar surface area (TPSA) is 93.0 Å². The monoisotopic (exact) mass is 329 g/mol. The predicted molar refractivity (Wildman–Crippen MR) is 84.3 cm³/mol. The van der Waals surface area contributed by atoms with E-state index in [9.17, 15) is 15.4 Å². The van der Waals surface area contributed by atoms with Gasteiger partial charge in [0.05, 0.1) is 22.2 Å². The number of nitrogens with zero attached hydrogens (tertiary/aromatic N) is 3. The van der Waals surface area contributed by atoms with Crippen LogP contribution in [-0.2, 0) is 0 Å². The van der Waals surface area contributed by atoms with Crippen molar-refractivity contribution in [3.63, 3.8) is 0 Å². The van der Waals surface area contributed by atoms with Gasteiger partial charge in [-0.1, -0.05) is 6.07 Å². The smallest absolute Gasteiger partial charge is 0.401 e. The SMILES string of the molecule is N#C/C(=C\c1ccc([N+](=O)[O-])o1)c1nc(-c2cccs2)cs1. The first-order valence-corrected chi connectivity index (χ1v) is 7.79. The van der Waals surface area contributed by atoms with E-state index < -0.39 is 4.92 Å².